The number of piperazine rings is 1. The van der Waals surface area contributed by atoms with Gasteiger partial charge in [0.1, 0.15) is 0 Å². The van der Waals surface area contributed by atoms with Gasteiger partial charge in [0.05, 0.1) is 30.7 Å². The first-order valence-corrected chi connectivity index (χ1v) is 16.0. The molecule has 1 saturated heterocycles. The highest BCUT2D eigenvalue weighted by Crippen LogP contribution is 2.35. The van der Waals surface area contributed by atoms with E-state index < -0.39 is 6.09 Å². The number of anilines is 1. The van der Waals surface area contributed by atoms with Crippen LogP contribution >= 0.6 is 11.8 Å². The SMILES string of the molecule is COC(=O)Nc1nc2cc(Sc3ccccc3)ccc2[nH]1.O=C(C1CCCCC1)N1CC(=O)N2CCc3ccccc3C2C1. The van der Waals surface area contributed by atoms with Gasteiger partial charge in [0.15, 0.2) is 0 Å². The van der Waals surface area contributed by atoms with E-state index in [1.807, 2.05) is 52.3 Å². The quantitative estimate of drug-likeness (QED) is 0.276. The highest BCUT2D eigenvalue weighted by Gasteiger charge is 2.39. The van der Waals surface area contributed by atoms with Gasteiger partial charge in [-0.2, -0.15) is 0 Å². The molecule has 44 heavy (non-hydrogen) atoms. The minimum absolute atomic E-state index is 0.0498. The third-order valence-corrected chi connectivity index (χ3v) is 9.56. The molecule has 9 nitrogen and oxygen atoms in total. The Morgan fingerprint density at radius 3 is 2.55 bits per heavy atom. The van der Waals surface area contributed by atoms with E-state index in [4.69, 9.17) is 0 Å². The molecule has 1 unspecified atom stereocenters. The minimum atomic E-state index is -0.548. The van der Waals surface area contributed by atoms with Crippen LogP contribution in [0, 0.1) is 5.92 Å². The predicted molar refractivity (Wildman–Crippen MR) is 170 cm³/mol. The van der Waals surface area contributed by atoms with Crippen molar-refractivity contribution in [1.82, 2.24) is 19.8 Å². The summed E-state index contributed by atoms with van der Waals surface area (Å²) in [5.74, 6) is 0.835. The molecule has 1 atom stereocenters. The van der Waals surface area contributed by atoms with Crippen LogP contribution in [0.4, 0.5) is 10.7 Å². The molecule has 0 radical (unpaired) electrons. The number of nitrogens with zero attached hydrogens (tertiary/aromatic N) is 3. The molecule has 1 aromatic heterocycles. The molecule has 3 amide bonds. The van der Waals surface area contributed by atoms with Crippen molar-refractivity contribution in [3.8, 4) is 0 Å². The number of H-pyrrole nitrogens is 1. The second-order valence-corrected chi connectivity index (χ2v) is 12.5. The number of methoxy groups -OCH3 is 1. The van der Waals surface area contributed by atoms with Crippen LogP contribution in [0.25, 0.3) is 11.0 Å². The van der Waals surface area contributed by atoms with E-state index in [1.165, 1.54) is 29.6 Å². The highest BCUT2D eigenvalue weighted by atomic mass is 32.2. The third-order valence-electron chi connectivity index (χ3n) is 8.56. The van der Waals surface area contributed by atoms with Crippen LogP contribution in [-0.4, -0.2) is 64.4 Å². The maximum atomic E-state index is 12.8. The molecule has 3 heterocycles. The van der Waals surface area contributed by atoms with E-state index in [0.717, 1.165) is 54.6 Å². The molecule has 2 fully saturated rings. The number of benzene rings is 3. The summed E-state index contributed by atoms with van der Waals surface area (Å²) in [5.41, 5.74) is 4.21. The topological polar surface area (TPSA) is 108 Å². The van der Waals surface area contributed by atoms with Gasteiger partial charge in [-0.3, -0.25) is 14.9 Å². The average Bonchev–Trinajstić information content (AvgIpc) is 3.46. The fourth-order valence-electron chi connectivity index (χ4n) is 6.33. The molecule has 3 aromatic carbocycles. The zero-order valence-corrected chi connectivity index (χ0v) is 25.6. The van der Waals surface area contributed by atoms with Gasteiger partial charge in [-0.15, -0.1) is 0 Å². The summed E-state index contributed by atoms with van der Waals surface area (Å²) in [6, 6.07) is 24.5. The van der Waals surface area contributed by atoms with Crippen LogP contribution in [0.15, 0.2) is 82.6 Å². The van der Waals surface area contributed by atoms with Crippen LogP contribution < -0.4 is 5.32 Å². The van der Waals surface area contributed by atoms with Gasteiger partial charge in [-0.1, -0.05) is 73.5 Å². The number of ether oxygens (including phenoxy) is 1. The standard InChI is InChI=1S/C19H24N2O2.C15H13N3O2S/c22-18-13-20(19(23)15-7-2-1-3-8-15)12-17-16-9-5-4-6-14(16)10-11-21(17)18;1-20-15(19)18-14-16-12-8-7-11(9-13(12)17-14)21-10-5-3-2-4-6-10/h4-6,9,15,17H,1-3,7-8,10-13H2;2-9H,1H3,(H2,16,17,18,19). The van der Waals surface area contributed by atoms with E-state index >= 15 is 0 Å². The molecule has 1 aliphatic carbocycles. The molecule has 10 heteroatoms. The smallest absolute Gasteiger partial charge is 0.413 e. The Bertz CT molecular complexity index is 1640. The number of hydrogen-bond donors (Lipinski definition) is 2. The molecule has 3 aliphatic rings. The summed E-state index contributed by atoms with van der Waals surface area (Å²) in [4.78, 5) is 50.0. The van der Waals surface area contributed by atoms with Crippen molar-refractivity contribution in [2.45, 2.75) is 54.4 Å². The molecule has 4 aromatic rings. The van der Waals surface area contributed by atoms with Crippen LogP contribution in [0.3, 0.4) is 0 Å². The van der Waals surface area contributed by atoms with Gasteiger partial charge < -0.3 is 19.5 Å². The second kappa shape index (κ2) is 13.5. The van der Waals surface area contributed by atoms with Gasteiger partial charge in [0, 0.05) is 28.8 Å². The van der Waals surface area contributed by atoms with Crippen molar-refractivity contribution in [3.63, 3.8) is 0 Å². The fourth-order valence-corrected chi connectivity index (χ4v) is 7.20. The molecular formula is C34H37N5O4S. The van der Waals surface area contributed by atoms with Crippen molar-refractivity contribution in [1.29, 1.82) is 0 Å². The Labute approximate surface area is 261 Å². The largest absolute Gasteiger partial charge is 0.453 e. The van der Waals surface area contributed by atoms with E-state index in [1.54, 1.807) is 11.8 Å². The van der Waals surface area contributed by atoms with Crippen LogP contribution in [0.5, 0.6) is 0 Å². The molecular weight excluding hydrogens is 574 g/mol. The highest BCUT2D eigenvalue weighted by molar-refractivity contribution is 7.99. The first-order valence-electron chi connectivity index (χ1n) is 15.2. The normalized spacial score (nSPS) is 18.1. The molecule has 0 bridgehead atoms. The lowest BCUT2D eigenvalue weighted by molar-refractivity contribution is -0.152. The molecule has 0 spiro atoms. The number of carbonyl (C=O) groups excluding carboxylic acids is 3. The molecule has 7 rings (SSSR count). The molecule has 2 aliphatic heterocycles. The number of nitrogens with one attached hydrogen (secondary N) is 2. The van der Waals surface area contributed by atoms with Crippen molar-refractivity contribution in [3.05, 3.63) is 83.9 Å². The van der Waals surface area contributed by atoms with Crippen LogP contribution in [0.2, 0.25) is 0 Å². The van der Waals surface area contributed by atoms with Gasteiger partial charge in [0.25, 0.3) is 0 Å². The maximum absolute atomic E-state index is 12.8. The number of imidazole rings is 1. The first kappa shape index (κ1) is 29.7. The number of rotatable bonds is 4. The van der Waals surface area contributed by atoms with E-state index in [-0.39, 0.29) is 30.3 Å². The second-order valence-electron chi connectivity index (χ2n) is 11.4. The van der Waals surface area contributed by atoms with Crippen molar-refractivity contribution < 1.29 is 19.1 Å². The van der Waals surface area contributed by atoms with Crippen molar-refractivity contribution >= 4 is 46.7 Å². The Balaban J connectivity index is 0.000000157. The zero-order chi connectivity index (χ0) is 30.5. The summed E-state index contributed by atoms with van der Waals surface area (Å²) in [6.07, 6.45) is 5.91. The fraction of sp³-hybridized carbons (Fsp3) is 0.353. The summed E-state index contributed by atoms with van der Waals surface area (Å²) >= 11 is 1.66. The van der Waals surface area contributed by atoms with Crippen LogP contribution in [0.1, 0.15) is 49.3 Å². The number of fused-ring (bicyclic) bond motifs is 4. The number of carbonyl (C=O) groups is 3. The number of aromatic amines is 1. The predicted octanol–water partition coefficient (Wildman–Crippen LogP) is 6.43. The first-order chi connectivity index (χ1) is 21.5. The van der Waals surface area contributed by atoms with Gasteiger partial charge >= 0.3 is 6.09 Å². The Morgan fingerprint density at radius 1 is 0.977 bits per heavy atom. The summed E-state index contributed by atoms with van der Waals surface area (Å²) in [7, 11) is 1.31. The van der Waals surface area contributed by atoms with E-state index in [0.29, 0.717) is 12.5 Å². The molecule has 228 valence electrons. The van der Waals surface area contributed by atoms with E-state index in [2.05, 4.69) is 50.4 Å². The lowest BCUT2D eigenvalue weighted by Gasteiger charge is -2.45. The summed E-state index contributed by atoms with van der Waals surface area (Å²) in [6.45, 7) is 1.72. The lowest BCUT2D eigenvalue weighted by Crippen LogP contribution is -2.56. The number of amides is 3. The van der Waals surface area contributed by atoms with Gasteiger partial charge in [-0.05, 0) is 60.7 Å². The van der Waals surface area contributed by atoms with Crippen molar-refractivity contribution in [2.24, 2.45) is 5.92 Å². The molecule has 2 N–H and O–H groups in total. The van der Waals surface area contributed by atoms with Gasteiger partial charge in [-0.25, -0.2) is 9.78 Å². The number of hydrogen-bond acceptors (Lipinski definition) is 6. The lowest BCUT2D eigenvalue weighted by atomic mass is 9.87. The minimum Gasteiger partial charge on any atom is -0.453 e. The molecule has 1 saturated carbocycles. The average molecular weight is 612 g/mol. The van der Waals surface area contributed by atoms with E-state index in [9.17, 15) is 14.4 Å². The Morgan fingerprint density at radius 2 is 1.75 bits per heavy atom. The van der Waals surface area contributed by atoms with Crippen LogP contribution in [-0.2, 0) is 20.7 Å². The number of aromatic nitrogens is 2. The monoisotopic (exact) mass is 611 g/mol. The third kappa shape index (κ3) is 6.75. The van der Waals surface area contributed by atoms with Crippen molar-refractivity contribution in [2.75, 3.05) is 32.1 Å². The maximum Gasteiger partial charge on any atom is 0.413 e. The summed E-state index contributed by atoms with van der Waals surface area (Å²) < 4.78 is 4.54. The Hall–Kier alpha value is -4.31. The Kier molecular flexibility index (Phi) is 9.16. The zero-order valence-electron chi connectivity index (χ0n) is 24.8. The summed E-state index contributed by atoms with van der Waals surface area (Å²) in [5, 5.41) is 2.52. The van der Waals surface area contributed by atoms with Gasteiger partial charge in [0.2, 0.25) is 17.8 Å².